The van der Waals surface area contributed by atoms with Gasteiger partial charge in [-0.2, -0.15) is 4.98 Å². The number of aromatic nitrogens is 2. The maximum absolute atomic E-state index is 6.07. The van der Waals surface area contributed by atoms with Crippen molar-refractivity contribution in [3.63, 3.8) is 0 Å². The van der Waals surface area contributed by atoms with Crippen LogP contribution in [0.1, 0.15) is 5.56 Å². The van der Waals surface area contributed by atoms with Crippen molar-refractivity contribution in [3.05, 3.63) is 40.5 Å². The number of anilines is 2. The standard InChI is InChI=1S/C15H12ClN3OS/c1-20-10-2-3-12-9(8-10)4-6-19(12)14-13-11(5-7-21-13)17-15(16)18-14/h2-3,5,7-8H,4,6H2,1H3. The van der Waals surface area contributed by atoms with E-state index in [9.17, 15) is 0 Å². The van der Waals surface area contributed by atoms with E-state index >= 15 is 0 Å². The number of rotatable bonds is 2. The van der Waals surface area contributed by atoms with Crippen LogP contribution in [0.3, 0.4) is 0 Å². The lowest BCUT2D eigenvalue weighted by Gasteiger charge is -2.19. The van der Waals surface area contributed by atoms with Gasteiger partial charge in [0.1, 0.15) is 5.75 Å². The van der Waals surface area contributed by atoms with Crippen LogP contribution in [0.2, 0.25) is 5.28 Å². The minimum absolute atomic E-state index is 0.290. The summed E-state index contributed by atoms with van der Waals surface area (Å²) >= 11 is 7.71. The Balaban J connectivity index is 1.87. The van der Waals surface area contributed by atoms with Gasteiger partial charge in [-0.25, -0.2) is 4.98 Å². The normalized spacial score (nSPS) is 13.7. The first-order chi connectivity index (χ1) is 10.3. The van der Waals surface area contributed by atoms with Gasteiger partial charge in [0.05, 0.1) is 17.3 Å². The van der Waals surface area contributed by atoms with E-state index in [1.807, 2.05) is 17.5 Å². The van der Waals surface area contributed by atoms with Crippen LogP contribution in [0.5, 0.6) is 5.75 Å². The van der Waals surface area contributed by atoms with Crippen molar-refractivity contribution < 1.29 is 4.74 Å². The number of hydrogen-bond donors (Lipinski definition) is 0. The first-order valence-corrected chi connectivity index (χ1v) is 7.87. The number of fused-ring (bicyclic) bond motifs is 2. The minimum Gasteiger partial charge on any atom is -0.497 e. The minimum atomic E-state index is 0.290. The van der Waals surface area contributed by atoms with E-state index in [0.29, 0.717) is 0 Å². The fraction of sp³-hybridized carbons (Fsp3) is 0.200. The van der Waals surface area contributed by atoms with Crippen molar-refractivity contribution in [1.82, 2.24) is 9.97 Å². The van der Waals surface area contributed by atoms with Crippen molar-refractivity contribution in [2.24, 2.45) is 0 Å². The zero-order valence-electron chi connectivity index (χ0n) is 11.3. The van der Waals surface area contributed by atoms with E-state index in [1.54, 1.807) is 18.4 Å². The third kappa shape index (κ3) is 2.04. The van der Waals surface area contributed by atoms with Crippen LogP contribution in [0.15, 0.2) is 29.6 Å². The molecule has 0 atom stereocenters. The molecule has 21 heavy (non-hydrogen) atoms. The number of hydrogen-bond acceptors (Lipinski definition) is 5. The van der Waals surface area contributed by atoms with Crippen molar-refractivity contribution in [2.75, 3.05) is 18.6 Å². The molecular formula is C15H12ClN3OS. The largest absolute Gasteiger partial charge is 0.497 e. The third-order valence-electron chi connectivity index (χ3n) is 3.70. The molecule has 6 heteroatoms. The molecule has 0 saturated heterocycles. The summed E-state index contributed by atoms with van der Waals surface area (Å²) in [5, 5.41) is 2.31. The lowest BCUT2D eigenvalue weighted by atomic mass is 10.1. The Morgan fingerprint density at radius 3 is 3.05 bits per heavy atom. The van der Waals surface area contributed by atoms with Crippen LogP contribution in [0.25, 0.3) is 10.2 Å². The van der Waals surface area contributed by atoms with Crippen LogP contribution in [0, 0.1) is 0 Å². The Bertz CT molecular complexity index is 833. The van der Waals surface area contributed by atoms with Gasteiger partial charge < -0.3 is 9.64 Å². The fourth-order valence-corrected chi connectivity index (χ4v) is 3.73. The molecule has 1 aromatic carbocycles. The first kappa shape index (κ1) is 12.9. The second-order valence-corrected chi connectivity index (χ2v) is 6.10. The van der Waals surface area contributed by atoms with Crippen LogP contribution in [-0.2, 0) is 6.42 Å². The molecule has 1 aliphatic rings. The van der Waals surface area contributed by atoms with E-state index in [2.05, 4.69) is 27.0 Å². The molecule has 4 nitrogen and oxygen atoms in total. The van der Waals surface area contributed by atoms with Crippen LogP contribution in [0.4, 0.5) is 11.5 Å². The SMILES string of the molecule is COc1ccc2c(c1)CCN2c1nc(Cl)nc2ccsc12. The molecule has 0 aliphatic carbocycles. The number of nitrogens with zero attached hydrogens (tertiary/aromatic N) is 3. The summed E-state index contributed by atoms with van der Waals surface area (Å²) < 4.78 is 6.37. The molecule has 0 N–H and O–H groups in total. The smallest absolute Gasteiger partial charge is 0.224 e. The van der Waals surface area contributed by atoms with E-state index in [0.717, 1.165) is 34.7 Å². The monoisotopic (exact) mass is 317 g/mol. The highest BCUT2D eigenvalue weighted by atomic mass is 35.5. The Morgan fingerprint density at radius 1 is 1.29 bits per heavy atom. The third-order valence-corrected chi connectivity index (χ3v) is 4.76. The molecule has 3 heterocycles. The summed E-state index contributed by atoms with van der Waals surface area (Å²) in [6, 6.07) is 8.12. The van der Waals surface area contributed by atoms with Gasteiger partial charge in [-0.1, -0.05) is 0 Å². The molecule has 0 bridgehead atoms. The zero-order chi connectivity index (χ0) is 14.4. The predicted octanol–water partition coefficient (Wildman–Crippen LogP) is 4.05. The van der Waals surface area contributed by atoms with Crippen LogP contribution in [-0.4, -0.2) is 23.6 Å². The molecule has 2 aromatic heterocycles. The summed E-state index contributed by atoms with van der Waals surface area (Å²) in [6.07, 6.45) is 0.973. The molecular weight excluding hydrogens is 306 g/mol. The van der Waals surface area contributed by atoms with Gasteiger partial charge in [0, 0.05) is 12.2 Å². The lowest BCUT2D eigenvalue weighted by molar-refractivity contribution is 0.414. The van der Waals surface area contributed by atoms with Gasteiger partial charge in [0.25, 0.3) is 0 Å². The number of ether oxygens (including phenoxy) is 1. The predicted molar refractivity (Wildman–Crippen MR) is 86.1 cm³/mol. The summed E-state index contributed by atoms with van der Waals surface area (Å²) in [7, 11) is 1.69. The average Bonchev–Trinajstić information content (AvgIpc) is 3.11. The highest BCUT2D eigenvalue weighted by Gasteiger charge is 2.24. The summed E-state index contributed by atoms with van der Waals surface area (Å²) in [4.78, 5) is 10.9. The number of benzene rings is 1. The molecule has 0 fully saturated rings. The van der Waals surface area contributed by atoms with Crippen molar-refractivity contribution >= 4 is 44.7 Å². The fourth-order valence-electron chi connectivity index (χ4n) is 2.73. The van der Waals surface area contributed by atoms with Crippen LogP contribution < -0.4 is 9.64 Å². The van der Waals surface area contributed by atoms with Gasteiger partial charge >= 0.3 is 0 Å². The van der Waals surface area contributed by atoms with Gasteiger partial charge in [-0.05, 0) is 53.2 Å². The van der Waals surface area contributed by atoms with Crippen LogP contribution >= 0.6 is 22.9 Å². The maximum atomic E-state index is 6.07. The first-order valence-electron chi connectivity index (χ1n) is 6.61. The molecule has 0 radical (unpaired) electrons. The van der Waals surface area contributed by atoms with Crippen molar-refractivity contribution in [1.29, 1.82) is 0 Å². The zero-order valence-corrected chi connectivity index (χ0v) is 12.9. The van der Waals surface area contributed by atoms with Crippen molar-refractivity contribution in [3.8, 4) is 5.75 Å². The molecule has 4 rings (SSSR count). The Labute approximate surface area is 131 Å². The van der Waals surface area contributed by atoms with Crippen molar-refractivity contribution in [2.45, 2.75) is 6.42 Å². The lowest BCUT2D eigenvalue weighted by Crippen LogP contribution is -2.15. The van der Waals surface area contributed by atoms with E-state index in [-0.39, 0.29) is 5.28 Å². The number of thiophene rings is 1. The van der Waals surface area contributed by atoms with Gasteiger partial charge in [0.2, 0.25) is 5.28 Å². The van der Waals surface area contributed by atoms with Gasteiger partial charge in [-0.15, -0.1) is 11.3 Å². The number of methoxy groups -OCH3 is 1. The molecule has 0 unspecified atom stereocenters. The molecule has 3 aromatic rings. The Kier molecular flexibility index (Phi) is 2.97. The number of halogens is 1. The van der Waals surface area contributed by atoms with Gasteiger partial charge in [-0.3, -0.25) is 0 Å². The second kappa shape index (κ2) is 4.86. The van der Waals surface area contributed by atoms with E-state index in [4.69, 9.17) is 16.3 Å². The quantitative estimate of drug-likeness (QED) is 0.668. The summed E-state index contributed by atoms with van der Waals surface area (Å²) in [5.74, 6) is 1.78. The maximum Gasteiger partial charge on any atom is 0.224 e. The Morgan fingerprint density at radius 2 is 2.19 bits per heavy atom. The molecule has 0 spiro atoms. The average molecular weight is 318 g/mol. The topological polar surface area (TPSA) is 38.2 Å². The summed E-state index contributed by atoms with van der Waals surface area (Å²) in [5.41, 5.74) is 3.34. The Hall–Kier alpha value is -1.85. The highest BCUT2D eigenvalue weighted by Crippen LogP contribution is 2.40. The van der Waals surface area contributed by atoms with E-state index in [1.165, 1.54) is 11.3 Å². The molecule has 0 amide bonds. The molecule has 0 saturated carbocycles. The second-order valence-electron chi connectivity index (χ2n) is 4.85. The van der Waals surface area contributed by atoms with E-state index < -0.39 is 0 Å². The molecule has 1 aliphatic heterocycles. The molecule has 106 valence electrons. The highest BCUT2D eigenvalue weighted by molar-refractivity contribution is 7.17. The van der Waals surface area contributed by atoms with Gasteiger partial charge in [0.15, 0.2) is 5.82 Å². The summed E-state index contributed by atoms with van der Waals surface area (Å²) in [6.45, 7) is 0.892.